The molecule has 2 amide bonds. The van der Waals surface area contributed by atoms with Crippen LogP contribution in [0.25, 0.3) is 11.1 Å². The first-order chi connectivity index (χ1) is 15.4. The second-order valence-electron chi connectivity index (χ2n) is 7.51. The summed E-state index contributed by atoms with van der Waals surface area (Å²) in [7, 11) is 1.55. The molecule has 2 aromatic carbocycles. The summed E-state index contributed by atoms with van der Waals surface area (Å²) in [6.07, 6.45) is 0.513. The number of amides is 2. The number of aromatic nitrogens is 2. The Kier molecular flexibility index (Phi) is 5.63. The Balaban J connectivity index is 1.46. The minimum absolute atomic E-state index is 0.0362. The zero-order valence-corrected chi connectivity index (χ0v) is 17.5. The molecule has 0 saturated carbocycles. The zero-order chi connectivity index (χ0) is 22.8. The van der Waals surface area contributed by atoms with E-state index in [0.717, 1.165) is 22.3 Å². The van der Waals surface area contributed by atoms with E-state index in [9.17, 15) is 14.4 Å². The lowest BCUT2D eigenvalue weighted by molar-refractivity contribution is -0.138. The third-order valence-corrected chi connectivity index (χ3v) is 5.47. The third-order valence-electron chi connectivity index (χ3n) is 5.47. The highest BCUT2D eigenvalue weighted by atomic mass is 16.5. The van der Waals surface area contributed by atoms with Gasteiger partial charge in [-0.05, 0) is 29.2 Å². The molecule has 164 valence electrons. The molecule has 9 nitrogen and oxygen atoms in total. The molecule has 0 unspecified atom stereocenters. The predicted molar refractivity (Wildman–Crippen MR) is 116 cm³/mol. The Hall–Kier alpha value is -4.14. The molecule has 0 spiro atoms. The maximum absolute atomic E-state index is 12.5. The fourth-order valence-corrected chi connectivity index (χ4v) is 3.82. The molecule has 1 atom stereocenters. The van der Waals surface area contributed by atoms with Gasteiger partial charge < -0.3 is 15.2 Å². The van der Waals surface area contributed by atoms with Crippen molar-refractivity contribution in [2.75, 3.05) is 11.9 Å². The summed E-state index contributed by atoms with van der Waals surface area (Å²) < 4.78 is 6.81. The van der Waals surface area contributed by atoms with Crippen molar-refractivity contribution in [2.24, 2.45) is 7.05 Å². The Labute approximate surface area is 184 Å². The number of ether oxygens (including phenoxy) is 1. The second kappa shape index (κ2) is 8.54. The van der Waals surface area contributed by atoms with Crippen LogP contribution in [0.5, 0.6) is 0 Å². The molecule has 3 N–H and O–H groups in total. The van der Waals surface area contributed by atoms with E-state index < -0.39 is 24.0 Å². The van der Waals surface area contributed by atoms with E-state index in [1.165, 1.54) is 17.8 Å². The Morgan fingerprint density at radius 3 is 2.28 bits per heavy atom. The summed E-state index contributed by atoms with van der Waals surface area (Å²) in [5, 5.41) is 17.8. The van der Waals surface area contributed by atoms with E-state index in [2.05, 4.69) is 15.7 Å². The standard InChI is InChI=1S/C23H22N4O5/c1-13(22(29)30)25-21(28)18-11-24-27(2)20(18)26-23(31)32-12-19-16-9-5-3-7-14(16)15-8-4-6-10-17(15)19/h3-11,13,19H,12H2,1-2H3,(H,25,28)(H,26,31)(H,29,30)/t13-/m1/s1. The number of aliphatic carboxylic acids is 1. The van der Waals surface area contributed by atoms with Crippen LogP contribution in [0, 0.1) is 0 Å². The van der Waals surface area contributed by atoms with Crippen molar-refractivity contribution in [3.8, 4) is 11.1 Å². The number of carboxylic acid groups (broad SMARTS) is 1. The molecule has 0 saturated heterocycles. The van der Waals surface area contributed by atoms with Gasteiger partial charge in [0.1, 0.15) is 24.0 Å². The van der Waals surface area contributed by atoms with Gasteiger partial charge in [0, 0.05) is 13.0 Å². The predicted octanol–water partition coefficient (Wildman–Crippen LogP) is 2.98. The molecule has 1 aromatic heterocycles. The van der Waals surface area contributed by atoms with Crippen LogP contribution in [0.4, 0.5) is 10.6 Å². The van der Waals surface area contributed by atoms with Gasteiger partial charge in [-0.3, -0.25) is 19.6 Å². The van der Waals surface area contributed by atoms with E-state index >= 15 is 0 Å². The maximum Gasteiger partial charge on any atom is 0.412 e. The highest BCUT2D eigenvalue weighted by Crippen LogP contribution is 2.44. The molecule has 0 radical (unpaired) electrons. The molecule has 1 aliphatic rings. The first-order valence-electron chi connectivity index (χ1n) is 10.0. The molecule has 3 aromatic rings. The van der Waals surface area contributed by atoms with Gasteiger partial charge in [0.2, 0.25) is 0 Å². The number of aryl methyl sites for hydroxylation is 1. The molecule has 1 heterocycles. The van der Waals surface area contributed by atoms with Crippen LogP contribution in [0.1, 0.15) is 34.3 Å². The lowest BCUT2D eigenvalue weighted by Gasteiger charge is -2.15. The fourth-order valence-electron chi connectivity index (χ4n) is 3.82. The summed E-state index contributed by atoms with van der Waals surface area (Å²) >= 11 is 0. The van der Waals surface area contributed by atoms with E-state index in [0.29, 0.717) is 0 Å². The number of carbonyl (C=O) groups excluding carboxylic acids is 2. The number of carbonyl (C=O) groups is 3. The smallest absolute Gasteiger partial charge is 0.412 e. The summed E-state index contributed by atoms with van der Waals surface area (Å²) in [5.41, 5.74) is 4.45. The van der Waals surface area contributed by atoms with Crippen molar-refractivity contribution < 1.29 is 24.2 Å². The molecule has 1 aliphatic carbocycles. The van der Waals surface area contributed by atoms with E-state index in [1.54, 1.807) is 7.05 Å². The monoisotopic (exact) mass is 434 g/mol. The third kappa shape index (κ3) is 3.92. The van der Waals surface area contributed by atoms with Gasteiger partial charge in [-0.15, -0.1) is 0 Å². The van der Waals surface area contributed by atoms with Gasteiger partial charge in [-0.2, -0.15) is 5.10 Å². The van der Waals surface area contributed by atoms with Gasteiger partial charge in [0.25, 0.3) is 5.91 Å². The number of rotatable bonds is 6. The summed E-state index contributed by atoms with van der Waals surface area (Å²) in [6, 6.07) is 14.9. The van der Waals surface area contributed by atoms with E-state index in [1.807, 2.05) is 48.5 Å². The quantitative estimate of drug-likeness (QED) is 0.548. The fraction of sp³-hybridized carbons (Fsp3) is 0.217. The number of hydrogen-bond acceptors (Lipinski definition) is 5. The lowest BCUT2D eigenvalue weighted by Crippen LogP contribution is -2.38. The highest BCUT2D eigenvalue weighted by molar-refractivity contribution is 6.02. The van der Waals surface area contributed by atoms with Gasteiger partial charge in [-0.1, -0.05) is 48.5 Å². The largest absolute Gasteiger partial charge is 0.480 e. The highest BCUT2D eigenvalue weighted by Gasteiger charge is 2.29. The number of nitrogens with zero attached hydrogens (tertiary/aromatic N) is 2. The minimum Gasteiger partial charge on any atom is -0.480 e. The molecule has 32 heavy (non-hydrogen) atoms. The van der Waals surface area contributed by atoms with Gasteiger partial charge in [-0.25, -0.2) is 4.79 Å². The molecule has 0 bridgehead atoms. The van der Waals surface area contributed by atoms with Gasteiger partial charge >= 0.3 is 12.1 Å². The average Bonchev–Trinajstić information content (AvgIpc) is 3.30. The first kappa shape index (κ1) is 21.1. The van der Waals surface area contributed by atoms with E-state index in [-0.39, 0.29) is 23.9 Å². The number of hydrogen-bond donors (Lipinski definition) is 3. The summed E-state index contributed by atoms with van der Waals surface area (Å²) in [4.78, 5) is 35.9. The zero-order valence-electron chi connectivity index (χ0n) is 17.5. The number of fused-ring (bicyclic) bond motifs is 3. The van der Waals surface area contributed by atoms with Crippen LogP contribution in [0.2, 0.25) is 0 Å². The number of anilines is 1. The van der Waals surface area contributed by atoms with Crippen molar-refractivity contribution in [3.05, 3.63) is 71.4 Å². The molecular formula is C23H22N4O5. The Morgan fingerprint density at radius 1 is 1.09 bits per heavy atom. The van der Waals surface area contributed by atoms with Crippen LogP contribution in [-0.2, 0) is 16.6 Å². The molecular weight excluding hydrogens is 412 g/mol. The lowest BCUT2D eigenvalue weighted by atomic mass is 9.98. The van der Waals surface area contributed by atoms with Gasteiger partial charge in [0.15, 0.2) is 0 Å². The normalized spacial score (nSPS) is 13.1. The van der Waals surface area contributed by atoms with Crippen LogP contribution in [-0.4, -0.2) is 45.5 Å². The van der Waals surface area contributed by atoms with Gasteiger partial charge in [0.05, 0.1) is 6.20 Å². The topological polar surface area (TPSA) is 123 Å². The molecule has 4 rings (SSSR count). The Morgan fingerprint density at radius 2 is 1.69 bits per heavy atom. The van der Waals surface area contributed by atoms with Crippen LogP contribution < -0.4 is 10.6 Å². The summed E-state index contributed by atoms with van der Waals surface area (Å²) in [6.45, 7) is 1.46. The number of nitrogens with one attached hydrogen (secondary N) is 2. The average molecular weight is 434 g/mol. The van der Waals surface area contributed by atoms with Crippen molar-refractivity contribution >= 4 is 23.8 Å². The van der Waals surface area contributed by atoms with Crippen molar-refractivity contribution in [1.29, 1.82) is 0 Å². The number of carboxylic acids is 1. The molecule has 0 aliphatic heterocycles. The molecule has 9 heteroatoms. The van der Waals surface area contributed by atoms with Crippen molar-refractivity contribution in [1.82, 2.24) is 15.1 Å². The summed E-state index contributed by atoms with van der Waals surface area (Å²) in [5.74, 6) is -1.83. The molecule has 0 fully saturated rings. The van der Waals surface area contributed by atoms with E-state index in [4.69, 9.17) is 9.84 Å². The first-order valence-corrected chi connectivity index (χ1v) is 10.0. The van der Waals surface area contributed by atoms with Crippen molar-refractivity contribution in [3.63, 3.8) is 0 Å². The number of benzene rings is 2. The van der Waals surface area contributed by atoms with Crippen LogP contribution >= 0.6 is 0 Å². The van der Waals surface area contributed by atoms with Crippen LogP contribution in [0.15, 0.2) is 54.7 Å². The van der Waals surface area contributed by atoms with Crippen LogP contribution in [0.3, 0.4) is 0 Å². The second-order valence-corrected chi connectivity index (χ2v) is 7.51. The maximum atomic E-state index is 12.5. The Bertz CT molecular complexity index is 1160. The minimum atomic E-state index is -1.17. The SMILES string of the molecule is C[C@@H](NC(=O)c1cnn(C)c1NC(=O)OCC1c2ccccc2-c2ccccc21)C(=O)O. The van der Waals surface area contributed by atoms with Crippen molar-refractivity contribution in [2.45, 2.75) is 18.9 Å².